The SMILES string of the molecule is COc1ccccc1C(C)(O)Cc1cc(C)ccc1C. The molecule has 2 rings (SSSR count). The van der Waals surface area contributed by atoms with E-state index in [1.54, 1.807) is 7.11 Å². The number of aliphatic hydroxyl groups is 1. The summed E-state index contributed by atoms with van der Waals surface area (Å²) in [5.41, 5.74) is 3.45. The largest absolute Gasteiger partial charge is 0.496 e. The van der Waals surface area contributed by atoms with Crippen molar-refractivity contribution in [3.8, 4) is 5.75 Å². The highest BCUT2D eigenvalue weighted by molar-refractivity contribution is 5.40. The second-order valence-corrected chi connectivity index (χ2v) is 5.58. The summed E-state index contributed by atoms with van der Waals surface area (Å²) in [5, 5.41) is 10.9. The van der Waals surface area contributed by atoms with E-state index in [0.29, 0.717) is 6.42 Å². The molecule has 0 aliphatic rings. The Morgan fingerprint density at radius 1 is 1.10 bits per heavy atom. The van der Waals surface area contributed by atoms with E-state index in [2.05, 4.69) is 32.0 Å². The predicted octanol–water partition coefficient (Wildman–Crippen LogP) is 3.76. The molecule has 0 aliphatic heterocycles. The summed E-state index contributed by atoms with van der Waals surface area (Å²) in [4.78, 5) is 0. The third-order valence-corrected chi connectivity index (χ3v) is 3.73. The molecule has 0 saturated carbocycles. The van der Waals surface area contributed by atoms with E-state index in [-0.39, 0.29) is 0 Å². The fourth-order valence-electron chi connectivity index (χ4n) is 2.55. The van der Waals surface area contributed by atoms with Crippen LogP contribution in [0.1, 0.15) is 29.2 Å². The molecule has 0 spiro atoms. The van der Waals surface area contributed by atoms with E-state index in [0.717, 1.165) is 11.3 Å². The minimum absolute atomic E-state index is 0.570. The van der Waals surface area contributed by atoms with E-state index in [1.807, 2.05) is 31.2 Å². The van der Waals surface area contributed by atoms with Crippen molar-refractivity contribution in [3.63, 3.8) is 0 Å². The monoisotopic (exact) mass is 270 g/mol. The molecule has 0 heterocycles. The Kier molecular flexibility index (Phi) is 4.15. The third-order valence-electron chi connectivity index (χ3n) is 3.73. The first kappa shape index (κ1) is 14.6. The van der Waals surface area contributed by atoms with Crippen molar-refractivity contribution in [2.45, 2.75) is 32.8 Å². The van der Waals surface area contributed by atoms with E-state index >= 15 is 0 Å². The zero-order valence-electron chi connectivity index (χ0n) is 12.6. The fourth-order valence-corrected chi connectivity index (χ4v) is 2.55. The Morgan fingerprint density at radius 3 is 2.50 bits per heavy atom. The molecule has 0 bridgehead atoms. The van der Waals surface area contributed by atoms with E-state index < -0.39 is 5.60 Å². The highest BCUT2D eigenvalue weighted by atomic mass is 16.5. The summed E-state index contributed by atoms with van der Waals surface area (Å²) in [6, 6.07) is 14.0. The van der Waals surface area contributed by atoms with Crippen molar-refractivity contribution in [3.05, 3.63) is 64.7 Å². The Labute approximate surface area is 121 Å². The van der Waals surface area contributed by atoms with Crippen LogP contribution in [-0.4, -0.2) is 12.2 Å². The molecular formula is C18H22O2. The van der Waals surface area contributed by atoms with Gasteiger partial charge in [-0.15, -0.1) is 0 Å². The maximum atomic E-state index is 10.9. The summed E-state index contributed by atoms with van der Waals surface area (Å²) < 4.78 is 5.36. The highest BCUT2D eigenvalue weighted by Crippen LogP contribution is 2.33. The summed E-state index contributed by atoms with van der Waals surface area (Å²) in [5.74, 6) is 0.725. The summed E-state index contributed by atoms with van der Waals surface area (Å²) in [6.45, 7) is 5.99. The van der Waals surface area contributed by atoms with Crippen LogP contribution in [0.5, 0.6) is 5.75 Å². The van der Waals surface area contributed by atoms with Gasteiger partial charge in [-0.25, -0.2) is 0 Å². The van der Waals surface area contributed by atoms with E-state index in [9.17, 15) is 5.11 Å². The van der Waals surface area contributed by atoms with Crippen molar-refractivity contribution in [2.24, 2.45) is 0 Å². The van der Waals surface area contributed by atoms with Gasteiger partial charge in [0.2, 0.25) is 0 Å². The van der Waals surface area contributed by atoms with Crippen molar-refractivity contribution in [1.82, 2.24) is 0 Å². The molecule has 0 aromatic heterocycles. The number of methoxy groups -OCH3 is 1. The number of ether oxygens (including phenoxy) is 1. The zero-order chi connectivity index (χ0) is 14.8. The van der Waals surface area contributed by atoms with E-state index in [1.165, 1.54) is 16.7 Å². The lowest BCUT2D eigenvalue weighted by Crippen LogP contribution is -2.25. The average Bonchev–Trinajstić information content (AvgIpc) is 2.42. The topological polar surface area (TPSA) is 29.5 Å². The molecule has 1 N–H and O–H groups in total. The van der Waals surface area contributed by atoms with E-state index in [4.69, 9.17) is 4.74 Å². The number of rotatable bonds is 4. The van der Waals surface area contributed by atoms with Gasteiger partial charge in [-0.3, -0.25) is 0 Å². The fraction of sp³-hybridized carbons (Fsp3) is 0.333. The Morgan fingerprint density at radius 2 is 1.80 bits per heavy atom. The van der Waals surface area contributed by atoms with Gasteiger partial charge in [0.15, 0.2) is 0 Å². The average molecular weight is 270 g/mol. The van der Waals surface area contributed by atoms with Crippen LogP contribution in [0.2, 0.25) is 0 Å². The normalized spacial score (nSPS) is 13.8. The maximum Gasteiger partial charge on any atom is 0.124 e. The first-order valence-corrected chi connectivity index (χ1v) is 6.86. The Balaban J connectivity index is 2.37. The molecule has 20 heavy (non-hydrogen) atoms. The summed E-state index contributed by atoms with van der Waals surface area (Å²) >= 11 is 0. The molecule has 2 heteroatoms. The second-order valence-electron chi connectivity index (χ2n) is 5.58. The van der Waals surface area contributed by atoms with Crippen LogP contribution < -0.4 is 4.74 Å². The molecule has 1 atom stereocenters. The first-order chi connectivity index (χ1) is 9.44. The number of hydrogen-bond acceptors (Lipinski definition) is 2. The van der Waals surface area contributed by atoms with Crippen molar-refractivity contribution < 1.29 is 9.84 Å². The van der Waals surface area contributed by atoms with Crippen LogP contribution in [0, 0.1) is 13.8 Å². The van der Waals surface area contributed by atoms with Crippen LogP contribution >= 0.6 is 0 Å². The lowest BCUT2D eigenvalue weighted by molar-refractivity contribution is 0.0548. The molecule has 1 unspecified atom stereocenters. The summed E-state index contributed by atoms with van der Waals surface area (Å²) in [7, 11) is 1.63. The molecule has 2 nitrogen and oxygen atoms in total. The second kappa shape index (κ2) is 5.68. The van der Waals surface area contributed by atoms with Gasteiger partial charge in [0.1, 0.15) is 5.75 Å². The molecule has 106 valence electrons. The van der Waals surface area contributed by atoms with Crippen molar-refractivity contribution >= 4 is 0 Å². The molecular weight excluding hydrogens is 248 g/mol. The molecule has 2 aromatic carbocycles. The van der Waals surface area contributed by atoms with Crippen LogP contribution in [0.15, 0.2) is 42.5 Å². The summed E-state index contributed by atoms with van der Waals surface area (Å²) in [6.07, 6.45) is 0.570. The molecule has 0 radical (unpaired) electrons. The first-order valence-electron chi connectivity index (χ1n) is 6.86. The van der Waals surface area contributed by atoms with Crippen LogP contribution in [0.3, 0.4) is 0 Å². The third kappa shape index (κ3) is 3.02. The predicted molar refractivity (Wildman–Crippen MR) is 82.2 cm³/mol. The van der Waals surface area contributed by atoms with Gasteiger partial charge in [0, 0.05) is 12.0 Å². The van der Waals surface area contributed by atoms with Crippen LogP contribution in [0.4, 0.5) is 0 Å². The van der Waals surface area contributed by atoms with Crippen LogP contribution in [0.25, 0.3) is 0 Å². The zero-order valence-corrected chi connectivity index (χ0v) is 12.6. The molecule has 0 saturated heterocycles. The number of benzene rings is 2. The molecule has 2 aromatic rings. The van der Waals surface area contributed by atoms with Crippen molar-refractivity contribution in [1.29, 1.82) is 0 Å². The number of hydrogen-bond donors (Lipinski definition) is 1. The highest BCUT2D eigenvalue weighted by Gasteiger charge is 2.27. The number of aryl methyl sites for hydroxylation is 2. The molecule has 0 fully saturated rings. The standard InChI is InChI=1S/C18H22O2/c1-13-9-10-14(2)15(11-13)12-18(3,19)16-7-5-6-8-17(16)20-4/h5-11,19H,12H2,1-4H3. The number of para-hydroxylation sites is 1. The molecule has 0 amide bonds. The maximum absolute atomic E-state index is 10.9. The lowest BCUT2D eigenvalue weighted by Gasteiger charge is -2.26. The minimum Gasteiger partial charge on any atom is -0.496 e. The van der Waals surface area contributed by atoms with Gasteiger partial charge in [0.05, 0.1) is 12.7 Å². The van der Waals surface area contributed by atoms with Gasteiger partial charge in [-0.2, -0.15) is 0 Å². The Bertz CT molecular complexity index is 600. The van der Waals surface area contributed by atoms with Gasteiger partial charge >= 0.3 is 0 Å². The van der Waals surface area contributed by atoms with Crippen molar-refractivity contribution in [2.75, 3.05) is 7.11 Å². The van der Waals surface area contributed by atoms with Gasteiger partial charge in [-0.1, -0.05) is 42.0 Å². The van der Waals surface area contributed by atoms with Crippen LogP contribution in [-0.2, 0) is 12.0 Å². The van der Waals surface area contributed by atoms with Gasteiger partial charge < -0.3 is 9.84 Å². The smallest absolute Gasteiger partial charge is 0.124 e. The Hall–Kier alpha value is -1.80. The molecule has 0 aliphatic carbocycles. The van der Waals surface area contributed by atoms with Gasteiger partial charge in [0.25, 0.3) is 0 Å². The minimum atomic E-state index is -0.953. The quantitative estimate of drug-likeness (QED) is 0.916. The van der Waals surface area contributed by atoms with Gasteiger partial charge in [-0.05, 0) is 38.0 Å². The lowest BCUT2D eigenvalue weighted by atomic mass is 9.86.